The molecule has 1 fully saturated rings. The average Bonchev–Trinajstić information content (AvgIpc) is 3.25. The fraction of sp³-hybridized carbons (Fsp3) is 0.440. The monoisotopic (exact) mass is 425 g/mol. The first kappa shape index (κ1) is 21.5. The number of hydrogen-bond acceptors (Lipinski definition) is 4. The first-order valence-electron chi connectivity index (χ1n) is 10.7. The SMILES string of the molecule is CC(C)(C)OC1CCCC1(NC(=O)OCC1c2ccccc2-c2ccccc21)C(=O)F. The highest BCUT2D eigenvalue weighted by atomic mass is 19.1. The Labute approximate surface area is 181 Å². The van der Waals surface area contributed by atoms with E-state index in [1.54, 1.807) is 0 Å². The molecule has 0 aromatic heterocycles. The van der Waals surface area contributed by atoms with Crippen LogP contribution in [0.2, 0.25) is 0 Å². The van der Waals surface area contributed by atoms with Gasteiger partial charge in [0.1, 0.15) is 6.61 Å². The summed E-state index contributed by atoms with van der Waals surface area (Å²) in [5.41, 5.74) is 2.15. The van der Waals surface area contributed by atoms with Crippen LogP contribution in [0, 0.1) is 0 Å². The summed E-state index contributed by atoms with van der Waals surface area (Å²) in [6, 6.07) is 14.5. The molecule has 2 aromatic carbocycles. The Morgan fingerprint density at radius 2 is 1.65 bits per heavy atom. The molecule has 1 N–H and O–H groups in total. The van der Waals surface area contributed by atoms with Gasteiger partial charge in [-0.25, -0.2) is 4.79 Å². The average molecular weight is 426 g/mol. The second-order valence-corrected chi connectivity index (χ2v) is 9.31. The van der Waals surface area contributed by atoms with Gasteiger partial charge in [-0.15, -0.1) is 0 Å². The lowest BCUT2D eigenvalue weighted by molar-refractivity contribution is -0.148. The molecule has 164 valence electrons. The van der Waals surface area contributed by atoms with Crippen molar-refractivity contribution < 1.29 is 23.5 Å². The minimum atomic E-state index is -1.70. The summed E-state index contributed by atoms with van der Waals surface area (Å²) in [5, 5.41) is 2.53. The van der Waals surface area contributed by atoms with Gasteiger partial charge in [-0.2, -0.15) is 4.39 Å². The first-order valence-corrected chi connectivity index (χ1v) is 10.7. The molecule has 2 aliphatic rings. The zero-order valence-corrected chi connectivity index (χ0v) is 18.1. The van der Waals surface area contributed by atoms with Crippen LogP contribution in [0.15, 0.2) is 48.5 Å². The quantitative estimate of drug-likeness (QED) is 0.675. The molecule has 0 heterocycles. The molecule has 6 heteroatoms. The van der Waals surface area contributed by atoms with Crippen LogP contribution in [-0.2, 0) is 14.3 Å². The van der Waals surface area contributed by atoms with Crippen molar-refractivity contribution in [2.75, 3.05) is 6.61 Å². The lowest BCUT2D eigenvalue weighted by Crippen LogP contribution is -2.60. The van der Waals surface area contributed by atoms with Crippen molar-refractivity contribution in [2.24, 2.45) is 0 Å². The largest absolute Gasteiger partial charge is 0.449 e. The van der Waals surface area contributed by atoms with E-state index in [2.05, 4.69) is 17.4 Å². The Balaban J connectivity index is 1.49. The first-order chi connectivity index (χ1) is 14.7. The van der Waals surface area contributed by atoms with Crippen molar-refractivity contribution in [3.05, 3.63) is 59.7 Å². The van der Waals surface area contributed by atoms with Gasteiger partial charge >= 0.3 is 12.1 Å². The maximum absolute atomic E-state index is 14.2. The molecule has 1 saturated carbocycles. The summed E-state index contributed by atoms with van der Waals surface area (Å²) < 4.78 is 25.6. The third kappa shape index (κ3) is 4.09. The highest BCUT2D eigenvalue weighted by molar-refractivity contribution is 5.86. The minimum absolute atomic E-state index is 0.0984. The lowest BCUT2D eigenvalue weighted by Gasteiger charge is -2.35. The summed E-state index contributed by atoms with van der Waals surface area (Å²) >= 11 is 0. The van der Waals surface area contributed by atoms with Crippen LogP contribution in [-0.4, -0.2) is 36.0 Å². The summed E-state index contributed by atoms with van der Waals surface area (Å²) in [6.45, 7) is 5.62. The standard InChI is InChI=1S/C25H28FNO4/c1-24(2,3)31-21-13-8-14-25(21,22(26)28)27-23(29)30-15-20-18-11-6-4-9-16(18)17-10-5-7-12-19(17)20/h4-7,9-12,20-21H,8,13-15H2,1-3H3,(H,27,29). The number of carbonyl (C=O) groups is 2. The van der Waals surface area contributed by atoms with Gasteiger partial charge in [0.2, 0.25) is 0 Å². The number of benzene rings is 2. The molecule has 2 unspecified atom stereocenters. The van der Waals surface area contributed by atoms with E-state index in [0.717, 1.165) is 22.3 Å². The Hall–Kier alpha value is -2.73. The lowest BCUT2D eigenvalue weighted by atomic mass is 9.95. The number of amides is 1. The number of alkyl carbamates (subject to hydrolysis) is 1. The van der Waals surface area contributed by atoms with Crippen molar-refractivity contribution >= 4 is 12.1 Å². The normalized spacial score (nSPS) is 22.6. The summed E-state index contributed by atoms with van der Waals surface area (Å²) in [7, 11) is 0. The van der Waals surface area contributed by atoms with Gasteiger partial charge in [0.05, 0.1) is 11.7 Å². The topological polar surface area (TPSA) is 64.6 Å². The van der Waals surface area contributed by atoms with E-state index < -0.39 is 29.4 Å². The van der Waals surface area contributed by atoms with E-state index in [4.69, 9.17) is 9.47 Å². The Kier molecular flexibility index (Phi) is 5.60. The van der Waals surface area contributed by atoms with Crippen LogP contribution in [0.3, 0.4) is 0 Å². The number of fused-ring (bicyclic) bond motifs is 3. The molecule has 0 spiro atoms. The van der Waals surface area contributed by atoms with Crippen LogP contribution < -0.4 is 5.32 Å². The van der Waals surface area contributed by atoms with E-state index in [0.29, 0.717) is 12.8 Å². The molecular weight excluding hydrogens is 397 g/mol. The van der Waals surface area contributed by atoms with E-state index >= 15 is 0 Å². The van der Waals surface area contributed by atoms with Gasteiger partial charge in [-0.05, 0) is 62.3 Å². The fourth-order valence-electron chi connectivity index (χ4n) is 4.79. The number of ether oxygens (including phenoxy) is 2. The summed E-state index contributed by atoms with van der Waals surface area (Å²) in [4.78, 5) is 24.7. The van der Waals surface area contributed by atoms with E-state index in [-0.39, 0.29) is 18.9 Å². The molecule has 0 bridgehead atoms. The van der Waals surface area contributed by atoms with Gasteiger partial charge in [-0.1, -0.05) is 48.5 Å². The van der Waals surface area contributed by atoms with Crippen LogP contribution in [0.5, 0.6) is 0 Å². The highest BCUT2D eigenvalue weighted by Gasteiger charge is 2.53. The van der Waals surface area contributed by atoms with Gasteiger partial charge in [0.25, 0.3) is 0 Å². The smallest absolute Gasteiger partial charge is 0.408 e. The maximum Gasteiger partial charge on any atom is 0.408 e. The number of halogens is 1. The molecule has 0 radical (unpaired) electrons. The molecular formula is C25H28FNO4. The minimum Gasteiger partial charge on any atom is -0.449 e. The summed E-state index contributed by atoms with van der Waals surface area (Å²) in [6.07, 6.45) is -0.271. The summed E-state index contributed by atoms with van der Waals surface area (Å²) in [5.74, 6) is -0.111. The molecule has 0 saturated heterocycles. The Morgan fingerprint density at radius 3 is 2.19 bits per heavy atom. The third-order valence-corrected chi connectivity index (χ3v) is 6.10. The number of hydrogen-bond donors (Lipinski definition) is 1. The van der Waals surface area contributed by atoms with Crippen molar-refractivity contribution in [1.29, 1.82) is 0 Å². The predicted octanol–water partition coefficient (Wildman–Crippen LogP) is 5.13. The zero-order valence-electron chi connectivity index (χ0n) is 18.1. The van der Waals surface area contributed by atoms with Gasteiger partial charge < -0.3 is 14.8 Å². The second-order valence-electron chi connectivity index (χ2n) is 9.31. The molecule has 5 nitrogen and oxygen atoms in total. The molecule has 1 amide bonds. The van der Waals surface area contributed by atoms with Crippen molar-refractivity contribution in [3.63, 3.8) is 0 Å². The second kappa shape index (κ2) is 8.08. The molecule has 4 rings (SSSR count). The van der Waals surface area contributed by atoms with Gasteiger partial charge in [0, 0.05) is 5.92 Å². The van der Waals surface area contributed by atoms with Gasteiger partial charge in [-0.3, -0.25) is 4.79 Å². The number of carbonyl (C=O) groups excluding carboxylic acids is 2. The molecule has 2 atom stereocenters. The number of nitrogens with one attached hydrogen (secondary N) is 1. The maximum atomic E-state index is 14.2. The van der Waals surface area contributed by atoms with E-state index in [1.807, 2.05) is 57.2 Å². The van der Waals surface area contributed by atoms with Gasteiger partial charge in [0.15, 0.2) is 5.54 Å². The van der Waals surface area contributed by atoms with Crippen molar-refractivity contribution in [3.8, 4) is 11.1 Å². The molecule has 2 aliphatic carbocycles. The van der Waals surface area contributed by atoms with Crippen molar-refractivity contribution in [2.45, 2.75) is 63.2 Å². The van der Waals surface area contributed by atoms with Crippen LogP contribution in [0.25, 0.3) is 11.1 Å². The fourth-order valence-corrected chi connectivity index (χ4v) is 4.79. The number of rotatable bonds is 5. The zero-order chi connectivity index (χ0) is 22.2. The van der Waals surface area contributed by atoms with Crippen LogP contribution in [0.1, 0.15) is 57.1 Å². The van der Waals surface area contributed by atoms with Crippen molar-refractivity contribution in [1.82, 2.24) is 5.32 Å². The van der Waals surface area contributed by atoms with E-state index in [9.17, 15) is 14.0 Å². The highest BCUT2D eigenvalue weighted by Crippen LogP contribution is 2.44. The van der Waals surface area contributed by atoms with Crippen LogP contribution >= 0.6 is 0 Å². The Bertz CT molecular complexity index is 954. The molecule has 2 aromatic rings. The van der Waals surface area contributed by atoms with E-state index in [1.165, 1.54) is 0 Å². The predicted molar refractivity (Wildman–Crippen MR) is 116 cm³/mol. The molecule has 31 heavy (non-hydrogen) atoms. The van der Waals surface area contributed by atoms with Crippen LogP contribution in [0.4, 0.5) is 9.18 Å². The molecule has 0 aliphatic heterocycles. The third-order valence-electron chi connectivity index (χ3n) is 6.10. The Morgan fingerprint density at radius 1 is 1.06 bits per heavy atom.